The Bertz CT molecular complexity index is 3120. The molecule has 1 unspecified atom stereocenters. The van der Waals surface area contributed by atoms with E-state index in [2.05, 4.69) is 22.5 Å². The van der Waals surface area contributed by atoms with Gasteiger partial charge in [-0.15, -0.1) is 0 Å². The van der Waals surface area contributed by atoms with Gasteiger partial charge in [-0.05, 0) is 66.3 Å². The number of nitrogens with one attached hydrogen (secondary N) is 2. The Hall–Kier alpha value is -7.59. The predicted octanol–water partition coefficient (Wildman–Crippen LogP) is 6.97. The first-order valence-electron chi connectivity index (χ1n) is 34.7. The Morgan fingerprint density at radius 1 is 0.663 bits per heavy atom. The molecule has 2 aliphatic rings. The molecule has 0 spiro atoms. The van der Waals surface area contributed by atoms with Crippen molar-refractivity contribution in [2.75, 3.05) is 113 Å². The number of ether oxygens (including phenoxy) is 6. The van der Waals surface area contributed by atoms with Gasteiger partial charge in [-0.3, -0.25) is 38.4 Å². The van der Waals surface area contributed by atoms with E-state index in [0.29, 0.717) is 78.5 Å². The van der Waals surface area contributed by atoms with Crippen molar-refractivity contribution in [2.45, 2.75) is 162 Å². The zero-order valence-corrected chi connectivity index (χ0v) is 59.9. The molecule has 1 saturated heterocycles. The standard InChI is InChI=1S/C75H109N7O16/c1-13-53(6)71(64(93-11)49-69(88)81-37-22-29-62(81)72(94-12)54(7)73(89)77-60(75(91)92)47-55-23-15-14-16-24-55)80(10)74(90)59(51(2)3)48-63(83)70(52(4)5)79(9)67(86)31-21-30-66(85)78(8)38-40-96-42-44-98-46-45-97-43-41-95-39-35-65(84)76-36-34-68(87)82-50-58-27-18-17-25-56(58)32-33-57-26-19-20-28-61(57)82/h14-20,23-28,51-54,59-60,62,64,70-72H,13,21-22,29-31,34-50H2,1-12H3,(H,76,84)(H,77,89)(H,91,92)/t53-,54+,59-,60+,62?,64+,70-,71-,72+/m0/s1. The smallest absolute Gasteiger partial charge is 0.326 e. The van der Waals surface area contributed by atoms with Crippen molar-refractivity contribution in [2.24, 2.45) is 29.6 Å². The van der Waals surface area contributed by atoms with Gasteiger partial charge in [0, 0.05) is 111 Å². The number of fused-ring (bicyclic) bond motifs is 2. The molecule has 3 aromatic carbocycles. The van der Waals surface area contributed by atoms with Crippen molar-refractivity contribution in [3.8, 4) is 11.8 Å². The number of likely N-dealkylation sites (N-methyl/N-ethyl adjacent to an activating group) is 3. The highest BCUT2D eigenvalue weighted by molar-refractivity contribution is 5.96. The van der Waals surface area contributed by atoms with E-state index in [1.54, 1.807) is 71.9 Å². The van der Waals surface area contributed by atoms with Crippen molar-refractivity contribution < 1.29 is 76.7 Å². The van der Waals surface area contributed by atoms with Crippen LogP contribution in [0.25, 0.3) is 0 Å². The van der Waals surface area contributed by atoms with Gasteiger partial charge in [-0.1, -0.05) is 127 Å². The number of aliphatic carboxylic acids is 1. The van der Waals surface area contributed by atoms with E-state index >= 15 is 0 Å². The topological polar surface area (TPSA) is 270 Å². The first kappa shape index (κ1) is 81.1. The molecule has 2 aliphatic heterocycles. The number of methoxy groups -OCH3 is 2. The largest absolute Gasteiger partial charge is 0.480 e. The summed E-state index contributed by atoms with van der Waals surface area (Å²) in [6.45, 7) is 16.9. The molecule has 98 heavy (non-hydrogen) atoms. The molecule has 0 aliphatic carbocycles. The third kappa shape index (κ3) is 25.0. The van der Waals surface area contributed by atoms with Crippen LogP contribution in [-0.2, 0) is 84.5 Å². The fourth-order valence-corrected chi connectivity index (χ4v) is 12.8. The van der Waals surface area contributed by atoms with Crippen LogP contribution < -0.4 is 15.5 Å². The lowest BCUT2D eigenvalue weighted by Crippen LogP contribution is -2.55. The van der Waals surface area contributed by atoms with Gasteiger partial charge in [0.05, 0.1) is 108 Å². The second-order valence-corrected chi connectivity index (χ2v) is 26.3. The second-order valence-electron chi connectivity index (χ2n) is 26.3. The predicted molar refractivity (Wildman–Crippen MR) is 372 cm³/mol. The molecule has 7 amide bonds. The zero-order valence-electron chi connectivity index (χ0n) is 59.9. The summed E-state index contributed by atoms with van der Waals surface area (Å²) in [4.78, 5) is 130. The molecular weight excluding hydrogens is 1250 g/mol. The summed E-state index contributed by atoms with van der Waals surface area (Å²) in [6.07, 6.45) is 0.951. The summed E-state index contributed by atoms with van der Waals surface area (Å²) in [7, 11) is 7.94. The third-order valence-electron chi connectivity index (χ3n) is 18.7. The highest BCUT2D eigenvalue weighted by atomic mass is 16.6. The SMILES string of the molecule is CC[C@H](C)[C@@H]([C@@H](CC(=O)N1CCCC1[C@H](OC)[C@@H](C)C(=O)N[C@H](Cc1ccccc1)C(=O)O)OC)N(C)C(=O)[C@@H](CC(=O)[C@H](C(C)C)N(C)C(=O)CCCC(=O)N(C)CCOCCOCCOCCOCCC(=O)NCCC(=O)N1Cc2ccccc2C#Cc2ccccc21)C(C)C. The van der Waals surface area contributed by atoms with E-state index in [1.165, 1.54) is 19.1 Å². The van der Waals surface area contributed by atoms with Crippen LogP contribution >= 0.6 is 0 Å². The number of likely N-dealkylation sites (tertiary alicyclic amines) is 1. The summed E-state index contributed by atoms with van der Waals surface area (Å²) in [5.41, 5.74) is 4.12. The highest BCUT2D eigenvalue weighted by Gasteiger charge is 2.44. The maximum atomic E-state index is 14.8. The van der Waals surface area contributed by atoms with Gasteiger partial charge < -0.3 is 68.7 Å². The van der Waals surface area contributed by atoms with Gasteiger partial charge in [0.2, 0.25) is 41.4 Å². The first-order valence-corrected chi connectivity index (χ1v) is 34.7. The van der Waals surface area contributed by atoms with Gasteiger partial charge in [-0.2, -0.15) is 0 Å². The number of benzene rings is 3. The number of para-hydroxylation sites is 1. The molecule has 2 heterocycles. The number of amides is 7. The van der Waals surface area contributed by atoms with E-state index in [1.807, 2.05) is 96.1 Å². The summed E-state index contributed by atoms with van der Waals surface area (Å²) < 4.78 is 34.4. The van der Waals surface area contributed by atoms with Gasteiger partial charge in [0.15, 0.2) is 5.78 Å². The summed E-state index contributed by atoms with van der Waals surface area (Å²) in [5.74, 6) is 0.918. The van der Waals surface area contributed by atoms with Crippen LogP contribution in [0.4, 0.5) is 5.69 Å². The van der Waals surface area contributed by atoms with Crippen molar-refractivity contribution in [1.82, 2.24) is 30.2 Å². The van der Waals surface area contributed by atoms with Gasteiger partial charge >= 0.3 is 5.97 Å². The van der Waals surface area contributed by atoms with E-state index in [4.69, 9.17) is 28.4 Å². The van der Waals surface area contributed by atoms with Crippen LogP contribution in [0, 0.1) is 41.4 Å². The molecule has 0 bridgehead atoms. The molecule has 5 rings (SSSR count). The van der Waals surface area contributed by atoms with Crippen molar-refractivity contribution in [1.29, 1.82) is 0 Å². The number of carbonyl (C=O) groups is 9. The van der Waals surface area contributed by atoms with Crippen LogP contribution in [-0.4, -0.2) is 222 Å². The molecular formula is C75H109N7O16. The van der Waals surface area contributed by atoms with Crippen molar-refractivity contribution in [3.05, 3.63) is 101 Å². The first-order chi connectivity index (χ1) is 46.9. The maximum absolute atomic E-state index is 14.8. The molecule has 540 valence electrons. The third-order valence-corrected chi connectivity index (χ3v) is 18.7. The molecule has 1 fully saturated rings. The number of anilines is 1. The summed E-state index contributed by atoms with van der Waals surface area (Å²) in [5, 5.41) is 15.5. The van der Waals surface area contributed by atoms with E-state index in [-0.39, 0.29) is 130 Å². The van der Waals surface area contributed by atoms with Crippen molar-refractivity contribution >= 4 is 58.8 Å². The number of nitrogens with zero attached hydrogens (tertiary/aromatic N) is 5. The fraction of sp³-hybridized carbons (Fsp3) is 0.613. The lowest BCUT2D eigenvalue weighted by molar-refractivity contribution is -0.150. The number of carboxylic acids is 1. The average Bonchev–Trinajstić information content (AvgIpc) is 1.39. The molecule has 0 aromatic heterocycles. The number of carbonyl (C=O) groups excluding carboxylic acids is 8. The summed E-state index contributed by atoms with van der Waals surface area (Å²) >= 11 is 0. The quantitative estimate of drug-likeness (QED) is 0.0381. The van der Waals surface area contributed by atoms with Crippen LogP contribution in [0.15, 0.2) is 78.9 Å². The Labute approximate surface area is 580 Å². The van der Waals surface area contributed by atoms with Crippen LogP contribution in [0.1, 0.15) is 135 Å². The van der Waals surface area contributed by atoms with Crippen LogP contribution in [0.2, 0.25) is 0 Å². The number of hydrogen-bond donors (Lipinski definition) is 3. The lowest BCUT2D eigenvalue weighted by Gasteiger charge is -2.41. The van der Waals surface area contributed by atoms with Crippen molar-refractivity contribution in [3.63, 3.8) is 0 Å². The van der Waals surface area contributed by atoms with Gasteiger partial charge in [0.25, 0.3) is 0 Å². The molecule has 3 aromatic rings. The zero-order chi connectivity index (χ0) is 71.8. The molecule has 23 heteroatoms. The van der Waals surface area contributed by atoms with Gasteiger partial charge in [0.1, 0.15) is 6.04 Å². The second kappa shape index (κ2) is 42.4. The minimum atomic E-state index is -1.17. The van der Waals surface area contributed by atoms with E-state index in [0.717, 1.165) is 27.9 Å². The Kier molecular flexibility index (Phi) is 35.1. The number of ketones is 1. The molecule has 0 radical (unpaired) electrons. The number of carboxylic acid groups (broad SMARTS) is 1. The highest BCUT2D eigenvalue weighted by Crippen LogP contribution is 2.32. The number of hydrogen-bond acceptors (Lipinski definition) is 15. The molecule has 23 nitrogen and oxygen atoms in total. The Morgan fingerprint density at radius 2 is 1.27 bits per heavy atom. The van der Waals surface area contributed by atoms with E-state index < -0.39 is 60.1 Å². The number of Topliss-reactive ketones (excluding diaryl/α,β-unsaturated/α-hetero) is 1. The summed E-state index contributed by atoms with van der Waals surface area (Å²) in [6, 6.07) is 21.3. The Balaban J connectivity index is 0.960. The number of rotatable bonds is 44. The van der Waals surface area contributed by atoms with Gasteiger partial charge in [-0.25, -0.2) is 4.79 Å². The molecule has 9 atom stereocenters. The minimum absolute atomic E-state index is 0.0373. The molecule has 0 saturated carbocycles. The minimum Gasteiger partial charge on any atom is -0.480 e. The normalized spacial score (nSPS) is 15.9. The maximum Gasteiger partial charge on any atom is 0.326 e. The monoisotopic (exact) mass is 1360 g/mol. The van der Waals surface area contributed by atoms with Crippen LogP contribution in [0.3, 0.4) is 0 Å². The molecule has 3 N–H and O–H groups in total. The van der Waals surface area contributed by atoms with Crippen LogP contribution in [0.5, 0.6) is 0 Å². The Morgan fingerprint density at radius 3 is 1.89 bits per heavy atom. The average molecular weight is 1360 g/mol. The van der Waals surface area contributed by atoms with E-state index in [9.17, 15) is 48.3 Å². The fourth-order valence-electron chi connectivity index (χ4n) is 12.8. The lowest BCUT2D eigenvalue weighted by atomic mass is 9.83.